The van der Waals surface area contributed by atoms with E-state index >= 15 is 0 Å². The topological polar surface area (TPSA) is 56.8 Å². The fourth-order valence-corrected chi connectivity index (χ4v) is 3.23. The van der Waals surface area contributed by atoms with Crippen LogP contribution in [0.15, 0.2) is 42.5 Å². The quantitative estimate of drug-likeness (QED) is 0.642. The molecule has 0 saturated carbocycles. The van der Waals surface area contributed by atoms with Crippen LogP contribution in [0.1, 0.15) is 23.1 Å². The second-order valence-corrected chi connectivity index (χ2v) is 6.37. The Morgan fingerprint density at radius 3 is 2.92 bits per heavy atom. The minimum atomic E-state index is -0.153. The Morgan fingerprint density at radius 2 is 1.96 bits per heavy atom. The fraction of sp³-hybridized carbons (Fsp3) is 0.286. The highest BCUT2D eigenvalue weighted by Gasteiger charge is 2.12. The Hall–Kier alpha value is -2.95. The number of fused-ring (bicyclic) bond motifs is 2. The normalized spacial score (nSPS) is 14.5. The molecule has 1 amide bonds. The summed E-state index contributed by atoms with van der Waals surface area (Å²) in [7, 11) is 0. The summed E-state index contributed by atoms with van der Waals surface area (Å²) in [6, 6.07) is 11.8. The minimum Gasteiger partial charge on any atom is -0.492 e. The van der Waals surface area contributed by atoms with E-state index in [4.69, 9.17) is 14.2 Å². The molecule has 1 aliphatic heterocycles. The lowest BCUT2D eigenvalue weighted by atomic mass is 10.1. The number of carbonyl (C=O) groups excluding carboxylic acids is 1. The first-order valence-corrected chi connectivity index (χ1v) is 8.88. The molecule has 0 spiro atoms. The summed E-state index contributed by atoms with van der Waals surface area (Å²) in [6.45, 7) is 1.15. The van der Waals surface area contributed by atoms with Crippen LogP contribution in [-0.4, -0.2) is 25.9 Å². The van der Waals surface area contributed by atoms with Gasteiger partial charge in [-0.15, -0.1) is 0 Å². The molecule has 1 aliphatic carbocycles. The molecule has 0 saturated heterocycles. The zero-order valence-electron chi connectivity index (χ0n) is 14.5. The molecule has 0 bridgehead atoms. The molecule has 134 valence electrons. The number of aryl methyl sites for hydroxylation is 2. The third-order valence-corrected chi connectivity index (χ3v) is 4.56. The first-order chi connectivity index (χ1) is 12.8. The van der Waals surface area contributed by atoms with Crippen molar-refractivity contribution < 1.29 is 19.0 Å². The van der Waals surface area contributed by atoms with E-state index in [1.54, 1.807) is 6.08 Å². The molecule has 2 aliphatic rings. The predicted octanol–water partition coefficient (Wildman–Crippen LogP) is 3.11. The van der Waals surface area contributed by atoms with Gasteiger partial charge in [0.1, 0.15) is 12.4 Å². The van der Waals surface area contributed by atoms with E-state index < -0.39 is 0 Å². The molecule has 2 aromatic rings. The number of carbonyl (C=O) groups is 1. The molecule has 2 aromatic carbocycles. The molecule has 1 heterocycles. The van der Waals surface area contributed by atoms with Crippen LogP contribution >= 0.6 is 0 Å². The summed E-state index contributed by atoms with van der Waals surface area (Å²) < 4.78 is 16.3. The van der Waals surface area contributed by atoms with Gasteiger partial charge in [0, 0.05) is 6.08 Å². The van der Waals surface area contributed by atoms with Crippen molar-refractivity contribution in [3.8, 4) is 17.2 Å². The largest absolute Gasteiger partial charge is 0.492 e. The molecule has 4 rings (SSSR count). The van der Waals surface area contributed by atoms with E-state index in [1.807, 2.05) is 24.3 Å². The second-order valence-electron chi connectivity index (χ2n) is 6.37. The Kier molecular flexibility index (Phi) is 4.78. The highest BCUT2D eigenvalue weighted by molar-refractivity contribution is 5.91. The first-order valence-electron chi connectivity index (χ1n) is 8.88. The van der Waals surface area contributed by atoms with Crippen LogP contribution in [-0.2, 0) is 17.6 Å². The highest BCUT2D eigenvalue weighted by atomic mass is 16.7. The zero-order chi connectivity index (χ0) is 17.8. The number of rotatable bonds is 6. The summed E-state index contributed by atoms with van der Waals surface area (Å²) >= 11 is 0. The summed E-state index contributed by atoms with van der Waals surface area (Å²) in [6.07, 6.45) is 6.78. The average Bonchev–Trinajstić information content (AvgIpc) is 3.31. The number of ether oxygens (including phenoxy) is 3. The Balaban J connectivity index is 1.21. The zero-order valence-corrected chi connectivity index (χ0v) is 14.5. The summed E-state index contributed by atoms with van der Waals surface area (Å²) in [5.41, 5.74) is 3.70. The smallest absolute Gasteiger partial charge is 0.244 e. The average molecular weight is 351 g/mol. The maximum Gasteiger partial charge on any atom is 0.244 e. The molecule has 5 heteroatoms. The Bertz CT molecular complexity index is 844. The molecular formula is C21H21NO4. The van der Waals surface area contributed by atoms with Crippen molar-refractivity contribution >= 4 is 12.0 Å². The van der Waals surface area contributed by atoms with Crippen molar-refractivity contribution in [2.24, 2.45) is 0 Å². The van der Waals surface area contributed by atoms with Gasteiger partial charge in [-0.2, -0.15) is 0 Å². The Morgan fingerprint density at radius 1 is 1.08 bits per heavy atom. The van der Waals surface area contributed by atoms with Gasteiger partial charge in [0.15, 0.2) is 11.5 Å². The number of amides is 1. The lowest BCUT2D eigenvalue weighted by Gasteiger charge is -2.08. The van der Waals surface area contributed by atoms with Gasteiger partial charge < -0.3 is 19.5 Å². The van der Waals surface area contributed by atoms with Gasteiger partial charge >= 0.3 is 0 Å². The van der Waals surface area contributed by atoms with Crippen molar-refractivity contribution in [3.63, 3.8) is 0 Å². The van der Waals surface area contributed by atoms with Crippen LogP contribution in [0.5, 0.6) is 17.2 Å². The van der Waals surface area contributed by atoms with Gasteiger partial charge in [-0.3, -0.25) is 4.79 Å². The van der Waals surface area contributed by atoms with E-state index in [1.165, 1.54) is 30.0 Å². The maximum absolute atomic E-state index is 11.9. The van der Waals surface area contributed by atoms with Gasteiger partial charge in [0.25, 0.3) is 0 Å². The number of hydrogen-bond acceptors (Lipinski definition) is 4. The lowest BCUT2D eigenvalue weighted by molar-refractivity contribution is -0.116. The van der Waals surface area contributed by atoms with Crippen LogP contribution in [0.3, 0.4) is 0 Å². The van der Waals surface area contributed by atoms with Crippen molar-refractivity contribution in [1.82, 2.24) is 5.32 Å². The summed E-state index contributed by atoms with van der Waals surface area (Å²) in [5.74, 6) is 2.15. The molecule has 0 aromatic heterocycles. The van der Waals surface area contributed by atoms with Crippen molar-refractivity contribution in [2.75, 3.05) is 19.9 Å². The Labute approximate surface area is 152 Å². The third kappa shape index (κ3) is 3.82. The van der Waals surface area contributed by atoms with Crippen LogP contribution in [0.4, 0.5) is 0 Å². The SMILES string of the molecule is O=C(C=Cc1ccc2c(c1)OCO2)NCCOc1ccc2c(c1)CCC2. The molecule has 26 heavy (non-hydrogen) atoms. The van der Waals surface area contributed by atoms with Gasteiger partial charge in [-0.25, -0.2) is 0 Å². The molecule has 0 fully saturated rings. The predicted molar refractivity (Wildman–Crippen MR) is 98.6 cm³/mol. The van der Waals surface area contributed by atoms with E-state index in [9.17, 15) is 4.79 Å². The van der Waals surface area contributed by atoms with Gasteiger partial charge in [-0.1, -0.05) is 12.1 Å². The monoisotopic (exact) mass is 351 g/mol. The molecule has 0 atom stereocenters. The number of nitrogens with one attached hydrogen (secondary N) is 1. The van der Waals surface area contributed by atoms with E-state index in [2.05, 4.69) is 17.4 Å². The highest BCUT2D eigenvalue weighted by Crippen LogP contribution is 2.32. The van der Waals surface area contributed by atoms with Crippen LogP contribution in [0, 0.1) is 0 Å². The molecular weight excluding hydrogens is 330 g/mol. The summed E-state index contributed by atoms with van der Waals surface area (Å²) in [5, 5.41) is 2.82. The van der Waals surface area contributed by atoms with Gasteiger partial charge in [0.05, 0.1) is 6.54 Å². The van der Waals surface area contributed by atoms with Crippen LogP contribution in [0.25, 0.3) is 6.08 Å². The number of benzene rings is 2. The molecule has 0 radical (unpaired) electrons. The van der Waals surface area contributed by atoms with Crippen molar-refractivity contribution in [1.29, 1.82) is 0 Å². The van der Waals surface area contributed by atoms with Gasteiger partial charge in [-0.05, 0) is 66.3 Å². The third-order valence-electron chi connectivity index (χ3n) is 4.56. The fourth-order valence-electron chi connectivity index (χ4n) is 3.23. The minimum absolute atomic E-state index is 0.153. The van der Waals surface area contributed by atoms with E-state index in [0.29, 0.717) is 18.9 Å². The van der Waals surface area contributed by atoms with E-state index in [-0.39, 0.29) is 12.7 Å². The van der Waals surface area contributed by atoms with Crippen molar-refractivity contribution in [3.05, 3.63) is 59.2 Å². The maximum atomic E-state index is 11.9. The number of hydrogen-bond donors (Lipinski definition) is 1. The summed E-state index contributed by atoms with van der Waals surface area (Å²) in [4.78, 5) is 11.9. The molecule has 0 unspecified atom stereocenters. The molecule has 1 N–H and O–H groups in total. The second kappa shape index (κ2) is 7.52. The standard InChI is InChI=1S/C21H21NO4/c23-21(9-5-15-4-8-19-20(12-15)26-14-25-19)22-10-11-24-18-7-6-16-2-1-3-17(16)13-18/h4-9,12-13H,1-3,10-11,14H2,(H,22,23). The van der Waals surface area contributed by atoms with Crippen molar-refractivity contribution in [2.45, 2.75) is 19.3 Å². The van der Waals surface area contributed by atoms with E-state index in [0.717, 1.165) is 23.5 Å². The molecule has 5 nitrogen and oxygen atoms in total. The van der Waals surface area contributed by atoms with Gasteiger partial charge in [0.2, 0.25) is 12.7 Å². The first kappa shape index (κ1) is 16.5. The van der Waals surface area contributed by atoms with Crippen LogP contribution < -0.4 is 19.5 Å². The van der Waals surface area contributed by atoms with Crippen LogP contribution in [0.2, 0.25) is 0 Å². The lowest BCUT2D eigenvalue weighted by Crippen LogP contribution is -2.26.